The molecule has 8 rings (SSSR count). The highest BCUT2D eigenvalue weighted by molar-refractivity contribution is 6.43. The Morgan fingerprint density at radius 1 is 0.863 bits per heavy atom. The van der Waals surface area contributed by atoms with E-state index in [2.05, 4.69) is 54.3 Å². The molecule has 3 aliphatic heterocycles. The molecule has 3 fully saturated rings. The number of hydrogen-bond donors (Lipinski definition) is 2. The van der Waals surface area contributed by atoms with Crippen LogP contribution in [0.4, 0.5) is 0 Å². The van der Waals surface area contributed by atoms with Gasteiger partial charge in [-0.25, -0.2) is 0 Å². The fourth-order valence-electron chi connectivity index (χ4n) is 9.34. The van der Waals surface area contributed by atoms with Crippen LogP contribution in [0.5, 0.6) is 5.75 Å². The Hall–Kier alpha value is -4.50. The molecule has 8 heteroatoms. The largest absolute Gasteiger partial charge is 0.507 e. The number of rotatable bonds is 8. The number of allylic oxidation sites excluding steroid dienone is 2. The molecule has 0 saturated carbocycles. The number of amides is 2. The van der Waals surface area contributed by atoms with Gasteiger partial charge < -0.3 is 14.8 Å². The highest BCUT2D eigenvalue weighted by Crippen LogP contribution is 2.51. The number of hydrogen-bond acceptors (Lipinski definition) is 6. The predicted molar refractivity (Wildman–Crippen MR) is 201 cm³/mol. The SMILES string of the molecule is CC1=C2[C@@H](CC/C(=C/c3ccc(O)c4ccccc34)c3ccccc3)OB(O)C[C@@H]2[C@@H]2C(=O)N(C3CCN(Cc4ccccc4)CC3)C(=O)[C@@H]2C1. The lowest BCUT2D eigenvalue weighted by atomic mass is 9.58. The minimum Gasteiger partial charge on any atom is -0.507 e. The maximum atomic E-state index is 14.3. The van der Waals surface area contributed by atoms with Gasteiger partial charge in [0, 0.05) is 31.1 Å². The van der Waals surface area contributed by atoms with Crippen molar-refractivity contribution in [2.45, 2.75) is 64.0 Å². The van der Waals surface area contributed by atoms with Crippen LogP contribution in [0.1, 0.15) is 55.7 Å². The maximum absolute atomic E-state index is 14.3. The van der Waals surface area contributed by atoms with Crippen molar-refractivity contribution in [1.29, 1.82) is 0 Å². The number of phenols is 1. The van der Waals surface area contributed by atoms with E-state index in [1.807, 2.05) is 54.6 Å². The van der Waals surface area contributed by atoms with E-state index in [1.54, 1.807) is 11.0 Å². The Morgan fingerprint density at radius 3 is 2.29 bits per heavy atom. The monoisotopic (exact) mass is 680 g/mol. The lowest BCUT2D eigenvalue weighted by Crippen LogP contribution is -2.48. The molecule has 0 bridgehead atoms. The van der Waals surface area contributed by atoms with Crippen LogP contribution < -0.4 is 0 Å². The Bertz CT molecular complexity index is 1990. The Morgan fingerprint density at radius 2 is 1.55 bits per heavy atom. The van der Waals surface area contributed by atoms with E-state index < -0.39 is 13.0 Å². The molecule has 260 valence electrons. The maximum Gasteiger partial charge on any atom is 0.455 e. The minimum atomic E-state index is -1.00. The van der Waals surface area contributed by atoms with Crippen molar-refractivity contribution < 1.29 is 24.4 Å². The molecule has 3 heterocycles. The van der Waals surface area contributed by atoms with Gasteiger partial charge in [0.2, 0.25) is 11.8 Å². The van der Waals surface area contributed by atoms with E-state index in [0.29, 0.717) is 25.6 Å². The molecule has 2 amide bonds. The van der Waals surface area contributed by atoms with Gasteiger partial charge >= 0.3 is 7.12 Å². The average Bonchev–Trinajstić information content (AvgIpc) is 3.40. The van der Waals surface area contributed by atoms with Crippen LogP contribution in [0.25, 0.3) is 22.4 Å². The third-order valence-corrected chi connectivity index (χ3v) is 11.7. The molecule has 0 spiro atoms. The van der Waals surface area contributed by atoms with Gasteiger partial charge in [-0.2, -0.15) is 0 Å². The third kappa shape index (κ3) is 6.57. The van der Waals surface area contributed by atoms with E-state index in [0.717, 1.165) is 71.1 Å². The van der Waals surface area contributed by atoms with Gasteiger partial charge in [-0.15, -0.1) is 0 Å². The summed E-state index contributed by atoms with van der Waals surface area (Å²) >= 11 is 0. The summed E-state index contributed by atoms with van der Waals surface area (Å²) in [4.78, 5) is 32.4. The molecule has 3 saturated heterocycles. The number of piperidine rings is 1. The van der Waals surface area contributed by atoms with Crippen LogP contribution in [-0.2, 0) is 20.8 Å². The number of phenolic OH excluding ortho intramolecular Hbond substituents is 1. The zero-order valence-electron chi connectivity index (χ0n) is 29.2. The Balaban J connectivity index is 1.02. The molecule has 7 nitrogen and oxygen atoms in total. The van der Waals surface area contributed by atoms with Crippen molar-refractivity contribution in [2.75, 3.05) is 13.1 Å². The van der Waals surface area contributed by atoms with Crippen LogP contribution in [-0.4, -0.2) is 64.1 Å². The lowest BCUT2D eigenvalue weighted by Gasteiger charge is -2.42. The number of likely N-dealkylation sites (tertiary alicyclic amines) is 2. The number of benzene rings is 4. The first-order valence-corrected chi connectivity index (χ1v) is 18.5. The molecule has 4 atom stereocenters. The summed E-state index contributed by atoms with van der Waals surface area (Å²) in [7, 11) is -1.00. The van der Waals surface area contributed by atoms with E-state index in [9.17, 15) is 19.7 Å². The number of fused-ring (bicyclic) bond motifs is 4. The van der Waals surface area contributed by atoms with Crippen LogP contribution in [0, 0.1) is 17.8 Å². The second kappa shape index (κ2) is 14.3. The lowest BCUT2D eigenvalue weighted by molar-refractivity contribution is -0.144. The number of imide groups is 1. The van der Waals surface area contributed by atoms with Crippen molar-refractivity contribution in [3.63, 3.8) is 0 Å². The van der Waals surface area contributed by atoms with Gasteiger partial charge in [-0.3, -0.25) is 19.4 Å². The van der Waals surface area contributed by atoms with Crippen LogP contribution in [0.15, 0.2) is 108 Å². The summed E-state index contributed by atoms with van der Waals surface area (Å²) < 4.78 is 6.29. The molecule has 2 N–H and O–H groups in total. The first kappa shape index (κ1) is 33.6. The highest BCUT2D eigenvalue weighted by Gasteiger charge is 2.58. The standard InChI is InChI=1S/C43H45BN2O5/c1-28-24-36-41(43(49)46(42(36)48)33-20-22-45(23-21-33)27-29-10-4-2-5-11-29)37-26-44(50)51-39(40(28)37)19-17-31(30-12-6-3-7-13-30)25-32-16-18-38(47)35-15-9-8-14-34(32)35/h2-16,18,25,33,36-37,39,41,47,50H,17,19-24,26-27H2,1H3/b31-25-/t36-,37+,39-,41-/m1/s1. The van der Waals surface area contributed by atoms with E-state index in [1.165, 1.54) is 5.56 Å². The van der Waals surface area contributed by atoms with Gasteiger partial charge in [-0.05, 0) is 90.6 Å². The van der Waals surface area contributed by atoms with Crippen molar-refractivity contribution >= 4 is 41.4 Å². The number of carbonyl (C=O) groups is 2. The number of carbonyl (C=O) groups excluding carboxylic acids is 2. The summed E-state index contributed by atoms with van der Waals surface area (Å²) in [5.41, 5.74) is 6.73. The molecule has 51 heavy (non-hydrogen) atoms. The molecule has 0 unspecified atom stereocenters. The van der Waals surface area contributed by atoms with E-state index in [4.69, 9.17) is 4.65 Å². The average molecular weight is 681 g/mol. The molecular weight excluding hydrogens is 635 g/mol. The predicted octanol–water partition coefficient (Wildman–Crippen LogP) is 7.35. The summed E-state index contributed by atoms with van der Waals surface area (Å²) in [6, 6.07) is 32.2. The molecule has 0 radical (unpaired) electrons. The van der Waals surface area contributed by atoms with Gasteiger partial charge in [0.25, 0.3) is 0 Å². The van der Waals surface area contributed by atoms with Gasteiger partial charge in [0.05, 0.1) is 17.9 Å². The minimum absolute atomic E-state index is 0.0298. The normalized spacial score (nSPS) is 24.7. The molecule has 1 aliphatic carbocycles. The van der Waals surface area contributed by atoms with Gasteiger partial charge in [-0.1, -0.05) is 103 Å². The zero-order valence-corrected chi connectivity index (χ0v) is 29.2. The fourth-order valence-corrected chi connectivity index (χ4v) is 9.34. The van der Waals surface area contributed by atoms with Crippen molar-refractivity contribution in [2.24, 2.45) is 17.8 Å². The highest BCUT2D eigenvalue weighted by atomic mass is 16.5. The topological polar surface area (TPSA) is 90.3 Å². The summed E-state index contributed by atoms with van der Waals surface area (Å²) in [6.45, 7) is 4.67. The first-order valence-electron chi connectivity index (χ1n) is 18.5. The fraction of sp³-hybridized carbons (Fsp3) is 0.349. The van der Waals surface area contributed by atoms with Gasteiger partial charge in [0.1, 0.15) is 5.75 Å². The number of aromatic hydroxyl groups is 1. The molecule has 4 aliphatic rings. The second-order valence-electron chi connectivity index (χ2n) is 14.8. The molecular formula is C43H45BN2O5. The second-order valence-corrected chi connectivity index (χ2v) is 14.8. The molecule has 4 aromatic carbocycles. The van der Waals surface area contributed by atoms with Crippen molar-refractivity contribution in [3.05, 3.63) is 125 Å². The van der Waals surface area contributed by atoms with Crippen molar-refractivity contribution in [1.82, 2.24) is 9.80 Å². The van der Waals surface area contributed by atoms with Gasteiger partial charge in [0.15, 0.2) is 0 Å². The summed E-state index contributed by atoms with van der Waals surface area (Å²) in [5, 5.41) is 23.4. The van der Waals surface area contributed by atoms with Crippen molar-refractivity contribution in [3.8, 4) is 5.75 Å². The number of nitrogens with zero attached hydrogens (tertiary/aromatic N) is 2. The zero-order chi connectivity index (χ0) is 35.1. The Kier molecular flexibility index (Phi) is 9.40. The molecule has 4 aromatic rings. The third-order valence-electron chi connectivity index (χ3n) is 11.7. The Labute approximate surface area is 300 Å². The van der Waals surface area contributed by atoms with E-state index >= 15 is 0 Å². The van der Waals surface area contributed by atoms with Crippen LogP contribution >= 0.6 is 0 Å². The van der Waals surface area contributed by atoms with E-state index in [-0.39, 0.29) is 41.5 Å². The first-order chi connectivity index (χ1) is 24.9. The van der Waals surface area contributed by atoms with Crippen LogP contribution in [0.3, 0.4) is 0 Å². The molecule has 0 aromatic heterocycles. The quantitative estimate of drug-likeness (QED) is 0.0876. The van der Waals surface area contributed by atoms with Crippen LogP contribution in [0.2, 0.25) is 6.32 Å². The summed E-state index contributed by atoms with van der Waals surface area (Å²) in [6.07, 6.45) is 5.58. The summed E-state index contributed by atoms with van der Waals surface area (Å²) in [5.74, 6) is -0.877. The smallest absolute Gasteiger partial charge is 0.455 e.